The molecule has 1 heterocycles. The van der Waals surface area contributed by atoms with Crippen molar-refractivity contribution in [1.82, 2.24) is 4.90 Å². The van der Waals surface area contributed by atoms with Gasteiger partial charge in [0.15, 0.2) is 0 Å². The highest BCUT2D eigenvalue weighted by Gasteiger charge is 2.35. The quantitative estimate of drug-likeness (QED) is 0.827. The number of carbonyl (C=O) groups excluding carboxylic acids is 1. The van der Waals surface area contributed by atoms with E-state index in [0.717, 1.165) is 12.2 Å². The summed E-state index contributed by atoms with van der Waals surface area (Å²) in [6, 6.07) is 13.9. The standard InChI is InChI=1S/C21H27NO4/c1-25-20-14-17(9-10-19(20)23)21(24)22(15-18-8-5-13-26-18)12-11-16-6-3-2-4-7-16/h2-8,13,17,19-20,23H,9-12,14-15H2,1H3/t17-,19+,20-/m1/s1. The van der Waals surface area contributed by atoms with Gasteiger partial charge in [0.25, 0.3) is 0 Å². The molecule has 5 heteroatoms. The van der Waals surface area contributed by atoms with E-state index < -0.39 is 6.10 Å². The first kappa shape index (κ1) is 18.7. The summed E-state index contributed by atoms with van der Waals surface area (Å²) in [4.78, 5) is 15.0. The van der Waals surface area contributed by atoms with Crippen molar-refractivity contribution in [3.8, 4) is 0 Å². The molecule has 1 amide bonds. The minimum Gasteiger partial charge on any atom is -0.467 e. The molecule has 0 aliphatic heterocycles. The molecule has 1 saturated carbocycles. The van der Waals surface area contributed by atoms with Gasteiger partial charge in [-0.25, -0.2) is 0 Å². The molecular weight excluding hydrogens is 330 g/mol. The van der Waals surface area contributed by atoms with E-state index >= 15 is 0 Å². The molecule has 0 unspecified atom stereocenters. The molecule has 1 aliphatic carbocycles. The van der Waals surface area contributed by atoms with E-state index in [-0.39, 0.29) is 17.9 Å². The predicted octanol–water partition coefficient (Wildman–Crippen LogP) is 3.03. The Kier molecular flexibility index (Phi) is 6.47. The third-order valence-corrected chi connectivity index (χ3v) is 5.16. The van der Waals surface area contributed by atoms with Gasteiger partial charge in [-0.2, -0.15) is 0 Å². The SMILES string of the molecule is CO[C@@H]1C[C@H](C(=O)N(CCc2ccccc2)Cc2ccco2)CC[C@@H]1O. The zero-order chi connectivity index (χ0) is 18.4. The second-order valence-electron chi connectivity index (χ2n) is 6.93. The summed E-state index contributed by atoms with van der Waals surface area (Å²) >= 11 is 0. The summed E-state index contributed by atoms with van der Waals surface area (Å²) < 4.78 is 10.8. The van der Waals surface area contributed by atoms with Crippen molar-refractivity contribution in [2.24, 2.45) is 5.92 Å². The van der Waals surface area contributed by atoms with Crippen LogP contribution in [-0.4, -0.2) is 41.8 Å². The van der Waals surface area contributed by atoms with Crippen molar-refractivity contribution in [3.63, 3.8) is 0 Å². The molecule has 1 fully saturated rings. The Hall–Kier alpha value is -2.11. The summed E-state index contributed by atoms with van der Waals surface area (Å²) in [7, 11) is 1.59. The molecule has 3 rings (SSSR count). The third-order valence-electron chi connectivity index (χ3n) is 5.16. The van der Waals surface area contributed by atoms with Crippen LogP contribution in [0, 0.1) is 5.92 Å². The molecule has 1 aromatic carbocycles. The van der Waals surface area contributed by atoms with Crippen molar-refractivity contribution in [2.45, 2.75) is 44.4 Å². The smallest absolute Gasteiger partial charge is 0.226 e. The average molecular weight is 357 g/mol. The minimum atomic E-state index is -0.480. The molecule has 2 aromatic rings. The molecule has 1 N–H and O–H groups in total. The van der Waals surface area contributed by atoms with Gasteiger partial charge >= 0.3 is 0 Å². The van der Waals surface area contributed by atoms with E-state index in [1.54, 1.807) is 13.4 Å². The van der Waals surface area contributed by atoms with E-state index in [2.05, 4.69) is 12.1 Å². The summed E-state index contributed by atoms with van der Waals surface area (Å²) in [5.41, 5.74) is 1.21. The summed E-state index contributed by atoms with van der Waals surface area (Å²) in [5, 5.41) is 10.0. The lowest BCUT2D eigenvalue weighted by molar-refractivity contribution is -0.141. The number of hydrogen-bond donors (Lipinski definition) is 1. The normalized spacial score (nSPS) is 22.9. The maximum atomic E-state index is 13.2. The van der Waals surface area contributed by atoms with Crippen LogP contribution < -0.4 is 0 Å². The summed E-state index contributed by atoms with van der Waals surface area (Å²) in [6.45, 7) is 1.11. The molecule has 26 heavy (non-hydrogen) atoms. The van der Waals surface area contributed by atoms with Gasteiger partial charge in [-0.15, -0.1) is 0 Å². The minimum absolute atomic E-state index is 0.117. The fourth-order valence-electron chi connectivity index (χ4n) is 3.62. The number of benzene rings is 1. The Labute approximate surface area is 154 Å². The second kappa shape index (κ2) is 9.01. The van der Waals surface area contributed by atoms with E-state index in [9.17, 15) is 9.90 Å². The van der Waals surface area contributed by atoms with Gasteiger partial charge in [-0.05, 0) is 43.4 Å². The number of carbonyl (C=O) groups is 1. The Bertz CT molecular complexity index is 671. The predicted molar refractivity (Wildman–Crippen MR) is 98.4 cm³/mol. The maximum Gasteiger partial charge on any atom is 0.226 e. The first-order valence-electron chi connectivity index (χ1n) is 9.23. The van der Waals surface area contributed by atoms with E-state index in [1.807, 2.05) is 35.2 Å². The van der Waals surface area contributed by atoms with Gasteiger partial charge in [-0.3, -0.25) is 4.79 Å². The number of aliphatic hydroxyl groups excluding tert-OH is 1. The average Bonchev–Trinajstić information content (AvgIpc) is 3.19. The van der Waals surface area contributed by atoms with Crippen LogP contribution in [0.25, 0.3) is 0 Å². The van der Waals surface area contributed by atoms with Crippen LogP contribution in [0.1, 0.15) is 30.6 Å². The van der Waals surface area contributed by atoms with Crippen LogP contribution in [0.2, 0.25) is 0 Å². The first-order valence-corrected chi connectivity index (χ1v) is 9.23. The molecule has 0 bridgehead atoms. The highest BCUT2D eigenvalue weighted by Crippen LogP contribution is 2.28. The van der Waals surface area contributed by atoms with Crippen molar-refractivity contribution in [1.29, 1.82) is 0 Å². The number of rotatable bonds is 7. The number of methoxy groups -OCH3 is 1. The van der Waals surface area contributed by atoms with Gasteiger partial charge in [0.2, 0.25) is 5.91 Å². The molecular formula is C21H27NO4. The molecule has 5 nitrogen and oxygen atoms in total. The lowest BCUT2D eigenvalue weighted by Crippen LogP contribution is -2.43. The van der Waals surface area contributed by atoms with Gasteiger partial charge in [-0.1, -0.05) is 30.3 Å². The summed E-state index contributed by atoms with van der Waals surface area (Å²) in [5.74, 6) is 0.783. The van der Waals surface area contributed by atoms with Crippen LogP contribution >= 0.6 is 0 Å². The maximum absolute atomic E-state index is 13.2. The van der Waals surface area contributed by atoms with Crippen LogP contribution in [0.3, 0.4) is 0 Å². The third kappa shape index (κ3) is 4.74. The Morgan fingerprint density at radius 3 is 2.73 bits per heavy atom. The van der Waals surface area contributed by atoms with Crippen LogP contribution in [0.4, 0.5) is 0 Å². The first-order chi connectivity index (χ1) is 12.7. The number of ether oxygens (including phenoxy) is 1. The van der Waals surface area contributed by atoms with E-state index in [4.69, 9.17) is 9.15 Å². The zero-order valence-electron chi connectivity index (χ0n) is 15.2. The van der Waals surface area contributed by atoms with E-state index in [1.165, 1.54) is 5.56 Å². The molecule has 0 spiro atoms. The Balaban J connectivity index is 1.68. The van der Waals surface area contributed by atoms with Crippen molar-refractivity contribution in [3.05, 3.63) is 60.1 Å². The molecule has 0 radical (unpaired) electrons. The largest absolute Gasteiger partial charge is 0.467 e. The topological polar surface area (TPSA) is 62.9 Å². The highest BCUT2D eigenvalue weighted by atomic mass is 16.5. The number of aliphatic hydroxyl groups is 1. The number of furan rings is 1. The number of nitrogens with zero attached hydrogens (tertiary/aromatic N) is 1. The fraction of sp³-hybridized carbons (Fsp3) is 0.476. The molecule has 1 aromatic heterocycles. The lowest BCUT2D eigenvalue weighted by Gasteiger charge is -2.34. The van der Waals surface area contributed by atoms with Gasteiger partial charge in [0.1, 0.15) is 5.76 Å². The molecule has 0 saturated heterocycles. The molecule has 140 valence electrons. The van der Waals surface area contributed by atoms with Crippen molar-refractivity contribution in [2.75, 3.05) is 13.7 Å². The van der Waals surface area contributed by atoms with Crippen LogP contribution in [-0.2, 0) is 22.5 Å². The van der Waals surface area contributed by atoms with Gasteiger partial charge < -0.3 is 19.2 Å². The highest BCUT2D eigenvalue weighted by molar-refractivity contribution is 5.79. The van der Waals surface area contributed by atoms with E-state index in [0.29, 0.717) is 32.4 Å². The lowest BCUT2D eigenvalue weighted by atomic mass is 9.84. The van der Waals surface area contributed by atoms with Crippen LogP contribution in [0.5, 0.6) is 0 Å². The van der Waals surface area contributed by atoms with Crippen molar-refractivity contribution < 1.29 is 19.1 Å². The number of amides is 1. The fourth-order valence-corrected chi connectivity index (χ4v) is 3.62. The zero-order valence-corrected chi connectivity index (χ0v) is 15.2. The summed E-state index contributed by atoms with van der Waals surface area (Å²) in [6.07, 6.45) is 3.55. The van der Waals surface area contributed by atoms with Crippen LogP contribution in [0.15, 0.2) is 53.1 Å². The van der Waals surface area contributed by atoms with Gasteiger partial charge in [0, 0.05) is 19.6 Å². The molecule has 1 aliphatic rings. The Morgan fingerprint density at radius 2 is 2.04 bits per heavy atom. The second-order valence-corrected chi connectivity index (χ2v) is 6.93. The van der Waals surface area contributed by atoms with Crippen molar-refractivity contribution >= 4 is 5.91 Å². The monoisotopic (exact) mass is 357 g/mol. The van der Waals surface area contributed by atoms with Gasteiger partial charge in [0.05, 0.1) is 25.0 Å². The Morgan fingerprint density at radius 1 is 1.23 bits per heavy atom. The molecule has 3 atom stereocenters. The number of hydrogen-bond acceptors (Lipinski definition) is 4.